The summed E-state index contributed by atoms with van der Waals surface area (Å²) >= 11 is 0. The van der Waals surface area contributed by atoms with Crippen molar-refractivity contribution in [1.29, 1.82) is 0 Å². The van der Waals surface area contributed by atoms with E-state index in [1.54, 1.807) is 0 Å². The zero-order valence-corrected chi connectivity index (χ0v) is 7.51. The molecule has 15 heavy (non-hydrogen) atoms. The molecule has 0 radical (unpaired) electrons. The van der Waals surface area contributed by atoms with Crippen molar-refractivity contribution < 1.29 is 0 Å². The van der Waals surface area contributed by atoms with Crippen LogP contribution in [0.25, 0.3) is 11.2 Å². The van der Waals surface area contributed by atoms with Gasteiger partial charge in [-0.2, -0.15) is 9.98 Å². The van der Waals surface area contributed by atoms with Crippen LogP contribution in [0.3, 0.4) is 0 Å². The zero-order valence-electron chi connectivity index (χ0n) is 7.51. The molecule has 0 aliphatic heterocycles. The Morgan fingerprint density at radius 1 is 1.33 bits per heavy atom. The molecule has 2 heterocycles. The van der Waals surface area contributed by atoms with Gasteiger partial charge < -0.3 is 11.5 Å². The normalized spacial score (nSPS) is 10.1. The molecule has 2 aromatic rings. The first-order valence-corrected chi connectivity index (χ1v) is 3.97. The molecule has 0 saturated heterocycles. The summed E-state index contributed by atoms with van der Waals surface area (Å²) in [6.45, 7) is 0. The highest BCUT2D eigenvalue weighted by Gasteiger charge is 2.04. The summed E-state index contributed by atoms with van der Waals surface area (Å²) in [5.41, 5.74) is 10.2. The molecule has 0 bridgehead atoms. The van der Waals surface area contributed by atoms with Crippen LogP contribution in [0.15, 0.2) is 22.2 Å². The molecule has 0 amide bonds. The van der Waals surface area contributed by atoms with Gasteiger partial charge in [0.25, 0.3) is 5.56 Å². The minimum absolute atomic E-state index is 0.00741. The molecule has 0 aromatic carbocycles. The number of nitrogens with zero attached hydrogens (tertiary/aromatic N) is 4. The van der Waals surface area contributed by atoms with E-state index >= 15 is 0 Å². The lowest BCUT2D eigenvalue weighted by Crippen LogP contribution is -2.22. The Bertz CT molecular complexity index is 583. The van der Waals surface area contributed by atoms with E-state index in [2.05, 4.69) is 24.9 Å². The fraction of sp³-hybridized carbons (Fsp3) is 0. The Kier molecular flexibility index (Phi) is 2.01. The van der Waals surface area contributed by atoms with Crippen molar-refractivity contribution in [3.05, 3.63) is 22.7 Å². The van der Waals surface area contributed by atoms with E-state index in [0.717, 1.165) is 0 Å². The van der Waals surface area contributed by atoms with Gasteiger partial charge in [-0.1, -0.05) is 0 Å². The van der Waals surface area contributed by atoms with Gasteiger partial charge in [-0.3, -0.25) is 9.78 Å². The van der Waals surface area contributed by atoms with Gasteiger partial charge in [0.1, 0.15) is 0 Å². The molecule has 8 heteroatoms. The highest BCUT2D eigenvalue weighted by Crippen LogP contribution is 2.04. The van der Waals surface area contributed by atoms with E-state index in [1.165, 1.54) is 12.4 Å². The van der Waals surface area contributed by atoms with Gasteiger partial charge in [-0.25, -0.2) is 9.97 Å². The molecule has 8 nitrogen and oxygen atoms in total. The summed E-state index contributed by atoms with van der Waals surface area (Å²) in [7, 11) is 0. The fourth-order valence-corrected chi connectivity index (χ4v) is 1.04. The quantitative estimate of drug-likeness (QED) is 0.387. The average molecular weight is 205 g/mol. The van der Waals surface area contributed by atoms with Crippen molar-refractivity contribution in [2.24, 2.45) is 16.5 Å². The van der Waals surface area contributed by atoms with Gasteiger partial charge in [-0.15, -0.1) is 0 Å². The number of nitrogens with one attached hydrogen (secondary N) is 1. The van der Waals surface area contributed by atoms with Gasteiger partial charge >= 0.3 is 0 Å². The first-order chi connectivity index (χ1) is 7.16. The van der Waals surface area contributed by atoms with Gasteiger partial charge in [0.2, 0.25) is 5.95 Å². The number of hydrogen-bond donors (Lipinski definition) is 3. The maximum absolute atomic E-state index is 11.4. The average Bonchev–Trinajstić information content (AvgIpc) is 2.16. The van der Waals surface area contributed by atoms with Gasteiger partial charge in [0.15, 0.2) is 17.1 Å². The fourth-order valence-electron chi connectivity index (χ4n) is 1.04. The SMILES string of the molecule is NC(N)=Nc1nc2nccnc2c(=O)[nH]1. The molecule has 0 saturated carbocycles. The highest BCUT2D eigenvalue weighted by molar-refractivity contribution is 5.78. The zero-order chi connectivity index (χ0) is 10.8. The molecular weight excluding hydrogens is 198 g/mol. The van der Waals surface area contributed by atoms with Crippen LogP contribution >= 0.6 is 0 Å². The molecule has 0 unspecified atom stereocenters. The van der Waals surface area contributed by atoms with Crippen LogP contribution in [-0.2, 0) is 0 Å². The lowest BCUT2D eigenvalue weighted by atomic mass is 10.5. The van der Waals surface area contributed by atoms with E-state index < -0.39 is 5.56 Å². The number of aromatic amines is 1. The summed E-state index contributed by atoms with van der Waals surface area (Å²) in [6, 6.07) is 0. The van der Waals surface area contributed by atoms with Crippen LogP contribution in [0.5, 0.6) is 0 Å². The molecular formula is C7H7N7O. The second kappa shape index (κ2) is 3.33. The molecule has 5 N–H and O–H groups in total. The molecule has 0 spiro atoms. The summed E-state index contributed by atoms with van der Waals surface area (Å²) in [6.07, 6.45) is 2.83. The molecule has 2 aromatic heterocycles. The Hall–Kier alpha value is -2.51. The third kappa shape index (κ3) is 1.73. The third-order valence-electron chi connectivity index (χ3n) is 1.57. The number of nitrogens with two attached hydrogens (primary N) is 2. The van der Waals surface area contributed by atoms with Crippen molar-refractivity contribution in [3.8, 4) is 0 Å². The van der Waals surface area contributed by atoms with E-state index in [4.69, 9.17) is 11.5 Å². The number of aromatic nitrogens is 4. The van der Waals surface area contributed by atoms with Crippen LogP contribution in [0.4, 0.5) is 5.95 Å². The number of fused-ring (bicyclic) bond motifs is 1. The summed E-state index contributed by atoms with van der Waals surface area (Å²) in [5.74, 6) is -0.186. The van der Waals surface area contributed by atoms with E-state index in [9.17, 15) is 4.79 Å². The summed E-state index contributed by atoms with van der Waals surface area (Å²) in [4.78, 5) is 29.0. The predicted octanol–water partition coefficient (Wildman–Crippen LogP) is -1.38. The van der Waals surface area contributed by atoms with Crippen molar-refractivity contribution in [2.75, 3.05) is 0 Å². The Morgan fingerprint density at radius 3 is 2.80 bits per heavy atom. The van der Waals surface area contributed by atoms with Crippen LogP contribution < -0.4 is 17.0 Å². The van der Waals surface area contributed by atoms with E-state index in [-0.39, 0.29) is 23.1 Å². The van der Waals surface area contributed by atoms with E-state index in [0.29, 0.717) is 0 Å². The van der Waals surface area contributed by atoms with Crippen molar-refractivity contribution >= 4 is 23.1 Å². The van der Waals surface area contributed by atoms with Crippen molar-refractivity contribution in [1.82, 2.24) is 19.9 Å². The van der Waals surface area contributed by atoms with Crippen LogP contribution in [-0.4, -0.2) is 25.9 Å². The third-order valence-corrected chi connectivity index (χ3v) is 1.57. The number of guanidine groups is 1. The van der Waals surface area contributed by atoms with Crippen LogP contribution in [0.2, 0.25) is 0 Å². The van der Waals surface area contributed by atoms with Crippen molar-refractivity contribution in [3.63, 3.8) is 0 Å². The number of rotatable bonds is 1. The largest absolute Gasteiger partial charge is 0.370 e. The van der Waals surface area contributed by atoms with Gasteiger partial charge in [-0.05, 0) is 0 Å². The maximum atomic E-state index is 11.4. The Balaban J connectivity index is 2.73. The van der Waals surface area contributed by atoms with Crippen LogP contribution in [0.1, 0.15) is 0 Å². The minimum Gasteiger partial charge on any atom is -0.370 e. The predicted molar refractivity (Wildman–Crippen MR) is 53.4 cm³/mol. The first kappa shape index (κ1) is 9.06. The standard InChI is InChI=1S/C7H7N7O/c8-6(9)14-7-12-4-3(5(15)13-7)10-1-2-11-4/h1-2H,(H5,8,9,11,12,13,14,15). The summed E-state index contributed by atoms with van der Waals surface area (Å²) < 4.78 is 0. The number of aliphatic imine (C=N–C) groups is 1. The number of hydrogen-bond acceptors (Lipinski definition) is 5. The molecule has 2 rings (SSSR count). The van der Waals surface area contributed by atoms with Gasteiger partial charge in [0, 0.05) is 12.4 Å². The topological polar surface area (TPSA) is 136 Å². The summed E-state index contributed by atoms with van der Waals surface area (Å²) in [5, 5.41) is 0. The van der Waals surface area contributed by atoms with Gasteiger partial charge in [0.05, 0.1) is 0 Å². The minimum atomic E-state index is -0.437. The maximum Gasteiger partial charge on any atom is 0.280 e. The molecule has 0 fully saturated rings. The van der Waals surface area contributed by atoms with Crippen molar-refractivity contribution in [2.45, 2.75) is 0 Å². The monoisotopic (exact) mass is 205 g/mol. The molecule has 76 valence electrons. The Morgan fingerprint density at radius 2 is 2.07 bits per heavy atom. The lowest BCUT2D eigenvalue weighted by Gasteiger charge is -1.96. The lowest BCUT2D eigenvalue weighted by molar-refractivity contribution is 1.09. The Labute approximate surface area is 83.1 Å². The molecule has 0 aliphatic rings. The first-order valence-electron chi connectivity index (χ1n) is 3.97. The number of H-pyrrole nitrogens is 1. The molecule has 0 aliphatic carbocycles. The van der Waals surface area contributed by atoms with E-state index in [1.807, 2.05) is 0 Å². The molecule has 0 atom stereocenters. The van der Waals surface area contributed by atoms with Crippen LogP contribution in [0, 0.1) is 0 Å². The second-order valence-electron chi connectivity index (χ2n) is 2.65. The smallest absolute Gasteiger partial charge is 0.280 e. The highest BCUT2D eigenvalue weighted by atomic mass is 16.1. The second-order valence-corrected chi connectivity index (χ2v) is 2.65.